The number of amides is 1. The number of carboxylic acids is 1. The summed E-state index contributed by atoms with van der Waals surface area (Å²) in [6, 6.07) is 3.95. The zero-order chi connectivity index (χ0) is 15.6. The topological polar surface area (TPSA) is 66.4 Å². The Kier molecular flexibility index (Phi) is 4.32. The molecule has 0 bridgehead atoms. The third kappa shape index (κ3) is 3.25. The lowest BCUT2D eigenvalue weighted by Gasteiger charge is -2.05. The molecule has 110 valence electrons. The third-order valence-corrected chi connectivity index (χ3v) is 3.96. The average molecular weight is 311 g/mol. The minimum atomic E-state index is -1.19. The van der Waals surface area contributed by atoms with Crippen molar-refractivity contribution in [1.29, 1.82) is 0 Å². The molecule has 0 spiro atoms. The minimum Gasteiger partial charge on any atom is -0.478 e. The number of carbonyl (C=O) groups excluding carboxylic acids is 1. The van der Waals surface area contributed by atoms with Crippen molar-refractivity contribution < 1.29 is 23.5 Å². The monoisotopic (exact) mass is 311 g/mol. The number of benzene rings is 1. The van der Waals surface area contributed by atoms with Crippen molar-refractivity contribution in [2.45, 2.75) is 13.3 Å². The van der Waals surface area contributed by atoms with E-state index in [1.807, 2.05) is 6.92 Å². The zero-order valence-corrected chi connectivity index (χ0v) is 11.8. The summed E-state index contributed by atoms with van der Waals surface area (Å²) in [4.78, 5) is 23.8. The molecular formula is C14H11F2NO3S. The molecule has 0 fully saturated rings. The summed E-state index contributed by atoms with van der Waals surface area (Å²) < 4.78 is 26.6. The molecule has 0 radical (unpaired) electrons. The molecule has 1 aromatic carbocycles. The van der Waals surface area contributed by atoms with Crippen molar-refractivity contribution >= 4 is 28.2 Å². The van der Waals surface area contributed by atoms with Crippen LogP contribution in [0, 0.1) is 11.6 Å². The number of halogens is 2. The van der Waals surface area contributed by atoms with E-state index in [9.17, 15) is 18.4 Å². The first-order valence-electron chi connectivity index (χ1n) is 6.04. The number of carbonyl (C=O) groups is 2. The summed E-state index contributed by atoms with van der Waals surface area (Å²) in [6.45, 7) is 1.84. The molecular weight excluding hydrogens is 300 g/mol. The highest BCUT2D eigenvalue weighted by Crippen LogP contribution is 2.29. The van der Waals surface area contributed by atoms with Gasteiger partial charge in [0.1, 0.15) is 16.6 Å². The van der Waals surface area contributed by atoms with E-state index in [4.69, 9.17) is 5.11 Å². The van der Waals surface area contributed by atoms with Gasteiger partial charge < -0.3 is 10.4 Å². The first-order chi connectivity index (χ1) is 9.92. The second-order valence-electron chi connectivity index (χ2n) is 4.19. The molecule has 2 aromatic rings. The lowest BCUT2D eigenvalue weighted by molar-refractivity contribution is 0.0698. The van der Waals surface area contributed by atoms with Crippen molar-refractivity contribution in [3.8, 4) is 0 Å². The molecule has 0 atom stereocenters. The molecule has 0 saturated carbocycles. The van der Waals surface area contributed by atoms with Crippen LogP contribution >= 0.6 is 11.3 Å². The molecule has 0 unspecified atom stereocenters. The van der Waals surface area contributed by atoms with Gasteiger partial charge in [-0.3, -0.25) is 4.79 Å². The molecule has 1 aromatic heterocycles. The van der Waals surface area contributed by atoms with Crippen molar-refractivity contribution in [2.75, 3.05) is 5.32 Å². The van der Waals surface area contributed by atoms with Crippen LogP contribution in [0.2, 0.25) is 0 Å². The molecule has 0 saturated heterocycles. The second kappa shape index (κ2) is 6.01. The standard InChI is InChI=1S/C14H11F2NO3S/c1-2-8-6-10(14(19)20)13(21-8)17-12(18)9-5-7(15)3-4-11(9)16/h3-6H,2H2,1H3,(H,17,18)(H,19,20). The molecule has 1 heterocycles. The maximum atomic E-state index is 13.5. The fraction of sp³-hybridized carbons (Fsp3) is 0.143. The van der Waals surface area contributed by atoms with Crippen LogP contribution in [0.25, 0.3) is 0 Å². The first kappa shape index (κ1) is 15.1. The van der Waals surface area contributed by atoms with Crippen LogP contribution in [0.15, 0.2) is 24.3 Å². The highest BCUT2D eigenvalue weighted by atomic mass is 32.1. The molecule has 2 N–H and O–H groups in total. The van der Waals surface area contributed by atoms with Gasteiger partial charge in [-0.1, -0.05) is 6.92 Å². The van der Waals surface area contributed by atoms with Gasteiger partial charge in [0.15, 0.2) is 0 Å². The van der Waals surface area contributed by atoms with E-state index in [1.54, 1.807) is 0 Å². The van der Waals surface area contributed by atoms with Gasteiger partial charge >= 0.3 is 5.97 Å². The van der Waals surface area contributed by atoms with Crippen molar-refractivity contribution in [2.24, 2.45) is 0 Å². The largest absolute Gasteiger partial charge is 0.478 e. The van der Waals surface area contributed by atoms with Crippen LogP contribution in [0.3, 0.4) is 0 Å². The Morgan fingerprint density at radius 3 is 2.57 bits per heavy atom. The van der Waals surface area contributed by atoms with Crippen molar-refractivity contribution in [1.82, 2.24) is 0 Å². The SMILES string of the molecule is CCc1cc(C(=O)O)c(NC(=O)c2cc(F)ccc2F)s1. The lowest BCUT2D eigenvalue weighted by atomic mass is 10.2. The Balaban J connectivity index is 2.33. The number of thiophene rings is 1. The Morgan fingerprint density at radius 1 is 1.24 bits per heavy atom. The zero-order valence-electron chi connectivity index (χ0n) is 10.9. The highest BCUT2D eigenvalue weighted by Gasteiger charge is 2.19. The van der Waals surface area contributed by atoms with Gasteiger partial charge in [-0.25, -0.2) is 13.6 Å². The molecule has 0 aliphatic heterocycles. The minimum absolute atomic E-state index is 0.0676. The number of anilines is 1. The second-order valence-corrected chi connectivity index (χ2v) is 5.33. The number of hydrogen-bond donors (Lipinski definition) is 2. The van der Waals surface area contributed by atoms with Gasteiger partial charge in [0, 0.05) is 4.88 Å². The Hall–Kier alpha value is -2.28. The molecule has 1 amide bonds. The summed E-state index contributed by atoms with van der Waals surface area (Å²) >= 11 is 1.09. The fourth-order valence-corrected chi connectivity index (χ4v) is 2.69. The van der Waals surface area contributed by atoms with Crippen LogP contribution < -0.4 is 5.32 Å². The van der Waals surface area contributed by atoms with Gasteiger partial charge in [-0.2, -0.15) is 0 Å². The molecule has 4 nitrogen and oxygen atoms in total. The molecule has 7 heteroatoms. The number of aryl methyl sites for hydroxylation is 1. The predicted molar refractivity (Wildman–Crippen MR) is 75.0 cm³/mol. The van der Waals surface area contributed by atoms with Crippen LogP contribution in [0.4, 0.5) is 13.8 Å². The van der Waals surface area contributed by atoms with E-state index in [0.29, 0.717) is 6.42 Å². The van der Waals surface area contributed by atoms with Gasteiger partial charge in [-0.15, -0.1) is 11.3 Å². The smallest absolute Gasteiger partial charge is 0.338 e. The maximum Gasteiger partial charge on any atom is 0.338 e. The molecule has 0 aliphatic rings. The van der Waals surface area contributed by atoms with E-state index < -0.39 is 29.1 Å². The number of carboxylic acid groups (broad SMARTS) is 1. The quantitative estimate of drug-likeness (QED) is 0.907. The van der Waals surface area contributed by atoms with E-state index in [2.05, 4.69) is 5.32 Å². The van der Waals surface area contributed by atoms with Crippen LogP contribution in [-0.2, 0) is 6.42 Å². The summed E-state index contributed by atoms with van der Waals surface area (Å²) in [5.74, 6) is -3.71. The summed E-state index contributed by atoms with van der Waals surface area (Å²) in [7, 11) is 0. The molecule has 2 rings (SSSR count). The van der Waals surface area contributed by atoms with Gasteiger partial charge in [0.2, 0.25) is 0 Å². The van der Waals surface area contributed by atoms with Gasteiger partial charge in [0.05, 0.1) is 11.1 Å². The van der Waals surface area contributed by atoms with Crippen LogP contribution in [0.5, 0.6) is 0 Å². The highest BCUT2D eigenvalue weighted by molar-refractivity contribution is 7.16. The Morgan fingerprint density at radius 2 is 1.95 bits per heavy atom. The van der Waals surface area contributed by atoms with Gasteiger partial charge in [-0.05, 0) is 30.7 Å². The summed E-state index contributed by atoms with van der Waals surface area (Å²) in [5, 5.41) is 11.5. The third-order valence-electron chi connectivity index (χ3n) is 2.76. The summed E-state index contributed by atoms with van der Waals surface area (Å²) in [5.41, 5.74) is -0.542. The van der Waals surface area contributed by atoms with E-state index in [-0.39, 0.29) is 10.6 Å². The number of rotatable bonds is 4. The van der Waals surface area contributed by atoms with Gasteiger partial charge in [0.25, 0.3) is 5.91 Å². The van der Waals surface area contributed by atoms with Crippen LogP contribution in [0.1, 0.15) is 32.5 Å². The number of nitrogens with one attached hydrogen (secondary N) is 1. The number of aromatic carboxylic acids is 1. The van der Waals surface area contributed by atoms with E-state index in [0.717, 1.165) is 34.4 Å². The average Bonchev–Trinajstić information content (AvgIpc) is 2.84. The Labute approximate surface area is 123 Å². The molecule has 0 aliphatic carbocycles. The Bertz CT molecular complexity index is 712. The molecule has 21 heavy (non-hydrogen) atoms. The summed E-state index contributed by atoms with van der Waals surface area (Å²) in [6.07, 6.45) is 0.606. The fourth-order valence-electron chi connectivity index (χ4n) is 1.71. The van der Waals surface area contributed by atoms with Crippen molar-refractivity contribution in [3.63, 3.8) is 0 Å². The van der Waals surface area contributed by atoms with E-state index in [1.165, 1.54) is 6.07 Å². The van der Waals surface area contributed by atoms with Crippen LogP contribution in [-0.4, -0.2) is 17.0 Å². The normalized spacial score (nSPS) is 10.4. The van der Waals surface area contributed by atoms with E-state index >= 15 is 0 Å². The number of hydrogen-bond acceptors (Lipinski definition) is 3. The van der Waals surface area contributed by atoms with Crippen molar-refractivity contribution in [3.05, 3.63) is 51.9 Å². The first-order valence-corrected chi connectivity index (χ1v) is 6.86. The maximum absolute atomic E-state index is 13.5. The predicted octanol–water partition coefficient (Wildman–Crippen LogP) is 3.54. The lowest BCUT2D eigenvalue weighted by Crippen LogP contribution is -2.15.